The lowest BCUT2D eigenvalue weighted by atomic mass is 10.2. The van der Waals surface area contributed by atoms with E-state index >= 15 is 0 Å². The third-order valence-electron chi connectivity index (χ3n) is 2.15. The third kappa shape index (κ3) is 11.0. The van der Waals surface area contributed by atoms with Crippen LogP contribution in [0.1, 0.15) is 32.6 Å². The average molecular weight is 311 g/mol. The highest BCUT2D eigenvalue weighted by Gasteiger charge is 2.04. The minimum atomic E-state index is -3.07. The van der Waals surface area contributed by atoms with Crippen molar-refractivity contribution in [1.82, 2.24) is 0 Å². The van der Waals surface area contributed by atoms with E-state index in [4.69, 9.17) is 0 Å². The van der Waals surface area contributed by atoms with Crippen molar-refractivity contribution in [2.75, 3.05) is 17.3 Å². The number of sulfone groups is 1. The van der Waals surface area contributed by atoms with Crippen LogP contribution in [0, 0.1) is 0 Å². The van der Waals surface area contributed by atoms with Crippen molar-refractivity contribution < 1.29 is 12.6 Å². The van der Waals surface area contributed by atoms with Crippen LogP contribution in [0.15, 0.2) is 24.1 Å². The Bertz CT molecular complexity index is 372. The third-order valence-corrected chi connectivity index (χ3v) is 6.21. The summed E-state index contributed by atoms with van der Waals surface area (Å²) < 4.78 is 34.1. The lowest BCUT2D eigenvalue weighted by Gasteiger charge is -1.98. The number of hydrogen-bond acceptors (Lipinski definition) is 4. The molecule has 3 nitrogen and oxygen atoms in total. The highest BCUT2D eigenvalue weighted by Crippen LogP contribution is 2.12. The fourth-order valence-corrected chi connectivity index (χ4v) is 4.32. The van der Waals surface area contributed by atoms with E-state index in [2.05, 4.69) is 13.5 Å². The Hall–Kier alpha value is -0.0700. The minimum Gasteiger partial charge on any atom is -0.248 e. The van der Waals surface area contributed by atoms with Gasteiger partial charge in [0.25, 0.3) is 0 Å². The van der Waals surface area contributed by atoms with E-state index in [0.717, 1.165) is 12.8 Å². The first-order chi connectivity index (χ1) is 8.52. The normalized spacial score (nSPS) is 13.8. The molecule has 0 saturated carbocycles. The molecule has 106 valence electrons. The topological polar surface area (TPSA) is 51.2 Å². The van der Waals surface area contributed by atoms with Crippen LogP contribution >= 0.6 is 10.8 Å². The summed E-state index contributed by atoms with van der Waals surface area (Å²) in [5, 5.41) is 1.62. The summed E-state index contributed by atoms with van der Waals surface area (Å²) in [6, 6.07) is 0. The molecule has 0 aromatic carbocycles. The fraction of sp³-hybridized carbons (Fsp3) is 0.667. The first-order valence-electron chi connectivity index (χ1n) is 6.03. The zero-order chi connectivity index (χ0) is 13.9. The molecular formula is C12H22O3S3. The van der Waals surface area contributed by atoms with E-state index in [9.17, 15) is 12.6 Å². The van der Waals surface area contributed by atoms with Crippen molar-refractivity contribution in [2.45, 2.75) is 32.6 Å². The summed E-state index contributed by atoms with van der Waals surface area (Å²) in [7, 11) is -2.82. The molecule has 0 saturated heterocycles. The smallest absolute Gasteiger partial charge is 0.157 e. The lowest BCUT2D eigenvalue weighted by Crippen LogP contribution is -2.06. The highest BCUT2D eigenvalue weighted by molar-refractivity contribution is 8.70. The Kier molecular flexibility index (Phi) is 10.8. The van der Waals surface area contributed by atoms with Gasteiger partial charge in [-0.25, -0.2) is 12.6 Å². The van der Waals surface area contributed by atoms with Crippen molar-refractivity contribution in [3.05, 3.63) is 24.1 Å². The van der Waals surface area contributed by atoms with Gasteiger partial charge in [-0.1, -0.05) is 38.3 Å². The minimum absolute atomic E-state index is 0.0118. The second kappa shape index (κ2) is 10.8. The van der Waals surface area contributed by atoms with E-state index in [1.165, 1.54) is 29.7 Å². The Morgan fingerprint density at radius 1 is 1.22 bits per heavy atom. The van der Waals surface area contributed by atoms with Crippen LogP contribution < -0.4 is 0 Å². The fourth-order valence-electron chi connectivity index (χ4n) is 1.23. The Morgan fingerprint density at radius 2 is 1.94 bits per heavy atom. The molecule has 0 radical (unpaired) electrons. The van der Waals surface area contributed by atoms with E-state index in [-0.39, 0.29) is 11.5 Å². The quantitative estimate of drug-likeness (QED) is 0.334. The molecule has 6 heteroatoms. The highest BCUT2D eigenvalue weighted by atomic mass is 33.1. The average Bonchev–Trinajstić information content (AvgIpc) is 2.30. The van der Waals surface area contributed by atoms with Crippen LogP contribution in [0.3, 0.4) is 0 Å². The molecule has 0 bridgehead atoms. The molecule has 1 unspecified atom stereocenters. The molecule has 18 heavy (non-hydrogen) atoms. The van der Waals surface area contributed by atoms with Crippen LogP contribution in [0.25, 0.3) is 0 Å². The lowest BCUT2D eigenvalue weighted by molar-refractivity contribution is 0.602. The van der Waals surface area contributed by atoms with Gasteiger partial charge in [0.2, 0.25) is 0 Å². The summed E-state index contributed by atoms with van der Waals surface area (Å²) in [6.45, 7) is 5.53. The number of rotatable bonds is 11. The van der Waals surface area contributed by atoms with E-state index < -0.39 is 19.7 Å². The molecule has 0 spiro atoms. The van der Waals surface area contributed by atoms with Gasteiger partial charge < -0.3 is 0 Å². The molecule has 1 atom stereocenters. The predicted octanol–water partition coefficient (Wildman–Crippen LogP) is 3.08. The van der Waals surface area contributed by atoms with Crippen LogP contribution in [-0.4, -0.2) is 29.9 Å². The SMILES string of the molecule is C=CCS(=O)(=O)C/C=C\SS(=O)CCCCCC. The monoisotopic (exact) mass is 310 g/mol. The molecule has 0 aromatic heterocycles. The van der Waals surface area contributed by atoms with Gasteiger partial charge in [-0.2, -0.15) is 0 Å². The van der Waals surface area contributed by atoms with E-state index in [1.54, 1.807) is 11.5 Å². The van der Waals surface area contributed by atoms with Gasteiger partial charge in [-0.15, -0.1) is 6.58 Å². The van der Waals surface area contributed by atoms with Crippen molar-refractivity contribution in [3.63, 3.8) is 0 Å². The molecule has 0 aromatic rings. The Morgan fingerprint density at radius 3 is 2.56 bits per heavy atom. The Balaban J connectivity index is 3.75. The Labute approximate surface area is 117 Å². The molecule has 0 heterocycles. The van der Waals surface area contributed by atoms with Crippen molar-refractivity contribution in [3.8, 4) is 0 Å². The zero-order valence-corrected chi connectivity index (χ0v) is 13.3. The zero-order valence-electron chi connectivity index (χ0n) is 10.8. The molecular weight excluding hydrogens is 288 g/mol. The molecule has 0 aliphatic rings. The van der Waals surface area contributed by atoms with E-state index in [1.807, 2.05) is 0 Å². The molecule has 0 N–H and O–H groups in total. The first-order valence-corrected chi connectivity index (χ1v) is 10.6. The number of hydrogen-bond donors (Lipinski definition) is 0. The first kappa shape index (κ1) is 17.9. The largest absolute Gasteiger partial charge is 0.248 e. The second-order valence-corrected chi connectivity index (χ2v) is 9.23. The van der Waals surface area contributed by atoms with Gasteiger partial charge in [0.15, 0.2) is 9.84 Å². The van der Waals surface area contributed by atoms with Gasteiger partial charge in [0.1, 0.15) is 0 Å². The standard InChI is InChI=1S/C12H22O3S3/c1-3-5-6-7-10-17(13)16-9-8-12-18(14,15)11-4-2/h4,8-9H,2-3,5-7,10-12H2,1H3/b9-8-. The second-order valence-electron chi connectivity index (χ2n) is 3.90. The van der Waals surface area contributed by atoms with Gasteiger partial charge >= 0.3 is 0 Å². The van der Waals surface area contributed by atoms with Crippen molar-refractivity contribution >= 4 is 30.5 Å². The summed E-state index contributed by atoms with van der Waals surface area (Å²) in [5.41, 5.74) is 0. The predicted molar refractivity (Wildman–Crippen MR) is 82.7 cm³/mol. The van der Waals surface area contributed by atoms with Crippen LogP contribution in [0.5, 0.6) is 0 Å². The van der Waals surface area contributed by atoms with Crippen LogP contribution in [-0.2, 0) is 19.7 Å². The number of unbranched alkanes of at least 4 members (excludes halogenated alkanes) is 3. The van der Waals surface area contributed by atoms with Crippen molar-refractivity contribution in [2.24, 2.45) is 0 Å². The maximum absolute atomic E-state index is 11.5. The molecule has 0 amide bonds. The summed E-state index contributed by atoms with van der Waals surface area (Å²) in [6.07, 6.45) is 7.35. The van der Waals surface area contributed by atoms with Gasteiger partial charge in [0, 0.05) is 5.75 Å². The summed E-state index contributed by atoms with van der Waals surface area (Å²) in [4.78, 5) is 0. The maximum Gasteiger partial charge on any atom is 0.157 e. The summed E-state index contributed by atoms with van der Waals surface area (Å²) >= 11 is 0. The maximum atomic E-state index is 11.5. The molecule has 0 aliphatic heterocycles. The van der Waals surface area contributed by atoms with Crippen molar-refractivity contribution in [1.29, 1.82) is 0 Å². The van der Waals surface area contributed by atoms with Crippen LogP contribution in [0.4, 0.5) is 0 Å². The van der Waals surface area contributed by atoms with Gasteiger partial charge in [0.05, 0.1) is 21.3 Å². The van der Waals surface area contributed by atoms with Gasteiger partial charge in [-0.3, -0.25) is 0 Å². The van der Waals surface area contributed by atoms with Gasteiger partial charge in [-0.05, 0) is 22.6 Å². The summed E-state index contributed by atoms with van der Waals surface area (Å²) in [5.74, 6) is 0.648. The molecule has 0 fully saturated rings. The van der Waals surface area contributed by atoms with Crippen LogP contribution in [0.2, 0.25) is 0 Å². The molecule has 0 rings (SSSR count). The molecule has 0 aliphatic carbocycles. The van der Waals surface area contributed by atoms with E-state index in [0.29, 0.717) is 5.75 Å².